The fraction of sp³-hybridized carbons (Fsp3) is 0.188. The van der Waals surface area contributed by atoms with Gasteiger partial charge in [-0.25, -0.2) is 4.39 Å². The molecule has 110 valence electrons. The lowest BCUT2D eigenvalue weighted by molar-refractivity contribution is -0.123. The summed E-state index contributed by atoms with van der Waals surface area (Å²) < 4.78 is 18.5. The van der Waals surface area contributed by atoms with E-state index in [1.54, 1.807) is 7.05 Å². The van der Waals surface area contributed by atoms with E-state index in [1.165, 1.54) is 23.1 Å². The minimum atomic E-state index is -0.512. The van der Waals surface area contributed by atoms with Crippen molar-refractivity contribution < 1.29 is 13.9 Å². The Morgan fingerprint density at radius 1 is 1.24 bits per heavy atom. The summed E-state index contributed by atoms with van der Waals surface area (Å²) in [7, 11) is 1.60. The molecule has 2 aromatic carbocycles. The number of hydrogen-bond donors (Lipinski definition) is 0. The van der Waals surface area contributed by atoms with Gasteiger partial charge < -0.3 is 9.64 Å². The molecule has 3 nitrogen and oxygen atoms in total. The monoisotopic (exact) mass is 307 g/mol. The zero-order chi connectivity index (χ0) is 15.2. The van der Waals surface area contributed by atoms with Gasteiger partial charge >= 0.3 is 0 Å². The van der Waals surface area contributed by atoms with Crippen molar-refractivity contribution in [2.45, 2.75) is 6.61 Å². The van der Waals surface area contributed by atoms with Gasteiger partial charge in [-0.1, -0.05) is 41.9 Å². The van der Waals surface area contributed by atoms with Crippen molar-refractivity contribution in [3.05, 3.63) is 64.9 Å². The van der Waals surface area contributed by atoms with E-state index in [-0.39, 0.29) is 17.5 Å². The molecule has 5 heteroatoms. The maximum absolute atomic E-state index is 13.1. The van der Waals surface area contributed by atoms with E-state index in [0.717, 1.165) is 5.56 Å². The van der Waals surface area contributed by atoms with Crippen molar-refractivity contribution in [3.63, 3.8) is 0 Å². The maximum Gasteiger partial charge on any atom is 0.252 e. The third-order valence-electron chi connectivity index (χ3n) is 3.00. The number of ether oxygens (including phenoxy) is 1. The highest BCUT2D eigenvalue weighted by Crippen LogP contribution is 2.21. The third-order valence-corrected chi connectivity index (χ3v) is 3.29. The predicted octanol–water partition coefficient (Wildman–Crippen LogP) is 3.66. The summed E-state index contributed by atoms with van der Waals surface area (Å²) in [4.78, 5) is 13.4. The van der Waals surface area contributed by atoms with Crippen LogP contribution in [0.1, 0.15) is 5.56 Å². The molecule has 0 spiro atoms. The van der Waals surface area contributed by atoms with Crippen LogP contribution in [-0.4, -0.2) is 19.6 Å². The van der Waals surface area contributed by atoms with Crippen LogP contribution in [0.25, 0.3) is 0 Å². The Morgan fingerprint density at radius 3 is 2.62 bits per heavy atom. The van der Waals surface area contributed by atoms with Crippen LogP contribution >= 0.6 is 11.6 Å². The lowest BCUT2D eigenvalue weighted by Gasteiger charge is -2.17. The number of amides is 1. The lowest BCUT2D eigenvalue weighted by atomic mass is 10.2. The molecule has 0 fully saturated rings. The van der Waals surface area contributed by atoms with Crippen LogP contribution in [0, 0.1) is 5.82 Å². The van der Waals surface area contributed by atoms with Gasteiger partial charge in [0.1, 0.15) is 12.4 Å². The summed E-state index contributed by atoms with van der Waals surface area (Å²) >= 11 is 5.70. The Balaban J connectivity index is 1.89. The molecule has 0 aliphatic carbocycles. The normalized spacial score (nSPS) is 10.4. The second kappa shape index (κ2) is 7.20. The second-order valence-electron chi connectivity index (χ2n) is 4.53. The summed E-state index contributed by atoms with van der Waals surface area (Å²) in [5, 5.41) is -0.0163. The highest BCUT2D eigenvalue weighted by Gasteiger charge is 2.12. The van der Waals surface area contributed by atoms with Crippen LogP contribution in [0.3, 0.4) is 0 Å². The summed E-state index contributed by atoms with van der Waals surface area (Å²) in [6.45, 7) is 0.310. The highest BCUT2D eigenvalue weighted by atomic mass is 35.5. The average Bonchev–Trinajstić information content (AvgIpc) is 2.50. The third kappa shape index (κ3) is 4.28. The zero-order valence-corrected chi connectivity index (χ0v) is 12.3. The van der Waals surface area contributed by atoms with Crippen LogP contribution in [0.5, 0.6) is 0 Å². The number of benzene rings is 2. The van der Waals surface area contributed by atoms with Gasteiger partial charge in [0.25, 0.3) is 5.91 Å². The summed E-state index contributed by atoms with van der Waals surface area (Å²) in [5.41, 5.74) is 1.52. The van der Waals surface area contributed by atoms with E-state index in [4.69, 9.17) is 16.3 Å². The molecule has 0 N–H and O–H groups in total. The maximum atomic E-state index is 13.1. The van der Waals surface area contributed by atoms with Gasteiger partial charge in [-0.15, -0.1) is 0 Å². The van der Waals surface area contributed by atoms with E-state index in [0.29, 0.717) is 12.3 Å². The second-order valence-corrected chi connectivity index (χ2v) is 4.94. The molecular formula is C16H15ClFNO2. The first-order valence-electron chi connectivity index (χ1n) is 6.41. The molecule has 1 amide bonds. The standard InChI is InChI=1S/C16H15ClFNO2/c1-19(13-7-8-15(18)14(17)9-13)16(20)11-21-10-12-5-3-2-4-6-12/h2-9H,10-11H2,1H3. The molecule has 0 atom stereocenters. The number of halogens is 2. The highest BCUT2D eigenvalue weighted by molar-refractivity contribution is 6.31. The minimum absolute atomic E-state index is 0.0163. The Hall–Kier alpha value is -1.91. The van der Waals surface area contributed by atoms with Crippen molar-refractivity contribution in [2.75, 3.05) is 18.6 Å². The van der Waals surface area contributed by atoms with Crippen molar-refractivity contribution in [3.8, 4) is 0 Å². The molecule has 0 saturated heterocycles. The SMILES string of the molecule is CN(C(=O)COCc1ccccc1)c1ccc(F)c(Cl)c1. The molecule has 0 aromatic heterocycles. The number of likely N-dealkylation sites (N-methyl/N-ethyl adjacent to an activating group) is 1. The number of anilines is 1. The Labute approximate surface area is 127 Å². The molecule has 21 heavy (non-hydrogen) atoms. The van der Waals surface area contributed by atoms with Crippen molar-refractivity contribution in [2.24, 2.45) is 0 Å². The van der Waals surface area contributed by atoms with Gasteiger partial charge in [-0.05, 0) is 23.8 Å². The van der Waals surface area contributed by atoms with E-state index >= 15 is 0 Å². The van der Waals surface area contributed by atoms with Gasteiger partial charge in [-0.2, -0.15) is 0 Å². The van der Waals surface area contributed by atoms with Crippen molar-refractivity contribution >= 4 is 23.2 Å². The van der Waals surface area contributed by atoms with Crippen molar-refractivity contribution in [1.82, 2.24) is 0 Å². The number of carbonyl (C=O) groups excluding carboxylic acids is 1. The van der Waals surface area contributed by atoms with Gasteiger partial charge in [-0.3, -0.25) is 4.79 Å². The average molecular weight is 308 g/mol. The number of nitrogens with zero attached hydrogens (tertiary/aromatic N) is 1. The van der Waals surface area contributed by atoms with Crippen LogP contribution in [0.15, 0.2) is 48.5 Å². The first-order chi connectivity index (χ1) is 10.1. The molecule has 0 aliphatic heterocycles. The Bertz CT molecular complexity index is 619. The molecule has 0 saturated carbocycles. The molecule has 0 bridgehead atoms. The Morgan fingerprint density at radius 2 is 1.95 bits per heavy atom. The lowest BCUT2D eigenvalue weighted by Crippen LogP contribution is -2.30. The van der Waals surface area contributed by atoms with Gasteiger partial charge in [0.15, 0.2) is 0 Å². The Kier molecular flexibility index (Phi) is 5.31. The predicted molar refractivity (Wildman–Crippen MR) is 80.9 cm³/mol. The molecule has 0 unspecified atom stereocenters. The fourth-order valence-electron chi connectivity index (χ4n) is 1.76. The smallest absolute Gasteiger partial charge is 0.252 e. The topological polar surface area (TPSA) is 29.5 Å². The number of rotatable bonds is 5. The molecule has 2 rings (SSSR count). The van der Waals surface area contributed by atoms with E-state index in [1.807, 2.05) is 30.3 Å². The van der Waals surface area contributed by atoms with E-state index < -0.39 is 5.82 Å². The molecule has 0 heterocycles. The molecule has 0 aliphatic rings. The molecular weight excluding hydrogens is 293 g/mol. The minimum Gasteiger partial charge on any atom is -0.367 e. The first kappa shape index (κ1) is 15.5. The van der Waals surface area contributed by atoms with Crippen molar-refractivity contribution in [1.29, 1.82) is 0 Å². The summed E-state index contributed by atoms with van der Waals surface area (Å²) in [6.07, 6.45) is 0. The summed E-state index contributed by atoms with van der Waals surface area (Å²) in [6, 6.07) is 13.7. The molecule has 2 aromatic rings. The van der Waals surface area contributed by atoms with Crippen LogP contribution < -0.4 is 4.90 Å². The number of hydrogen-bond acceptors (Lipinski definition) is 2. The van der Waals surface area contributed by atoms with Crippen LogP contribution in [-0.2, 0) is 16.1 Å². The van der Waals surface area contributed by atoms with Gasteiger partial charge in [0.2, 0.25) is 0 Å². The summed E-state index contributed by atoms with van der Waals surface area (Å²) in [5.74, 6) is -0.741. The number of carbonyl (C=O) groups is 1. The fourth-order valence-corrected chi connectivity index (χ4v) is 1.94. The largest absolute Gasteiger partial charge is 0.367 e. The molecule has 0 radical (unpaired) electrons. The van der Waals surface area contributed by atoms with E-state index in [2.05, 4.69) is 0 Å². The van der Waals surface area contributed by atoms with E-state index in [9.17, 15) is 9.18 Å². The zero-order valence-electron chi connectivity index (χ0n) is 11.6. The van der Waals surface area contributed by atoms with Crippen LogP contribution in [0.2, 0.25) is 5.02 Å². The van der Waals surface area contributed by atoms with Gasteiger partial charge in [0, 0.05) is 12.7 Å². The first-order valence-corrected chi connectivity index (χ1v) is 6.79. The van der Waals surface area contributed by atoms with Crippen LogP contribution in [0.4, 0.5) is 10.1 Å². The quantitative estimate of drug-likeness (QED) is 0.843. The van der Waals surface area contributed by atoms with Gasteiger partial charge in [0.05, 0.1) is 11.6 Å².